The van der Waals surface area contributed by atoms with Gasteiger partial charge in [0, 0.05) is 16.6 Å². The molecule has 0 aliphatic carbocycles. The maximum absolute atomic E-state index is 7.70. The van der Waals surface area contributed by atoms with Crippen LogP contribution in [0, 0.1) is 0 Å². The zero-order valence-electron chi connectivity index (χ0n) is 52.1. The number of hydrogen-bond donors (Lipinski definition) is 0. The molecule has 0 N–H and O–H groups in total. The molecule has 0 bridgehead atoms. The van der Waals surface area contributed by atoms with Gasteiger partial charge in [-0.1, -0.05) is 314 Å². The molecule has 2 heterocycles. The van der Waals surface area contributed by atoms with Crippen molar-refractivity contribution in [2.75, 3.05) is 0 Å². The Morgan fingerprint density at radius 2 is 0.605 bits per heavy atom. The third-order valence-corrected chi connectivity index (χ3v) is 23.0. The molecule has 2 aliphatic heterocycles. The first-order valence-electron chi connectivity index (χ1n) is 30.7. The van der Waals surface area contributed by atoms with Gasteiger partial charge in [0.05, 0.1) is 0 Å². The first-order valence-corrected chi connectivity index (χ1v) is 32.7. The second-order valence-corrected chi connectivity index (χ2v) is 31.9. The van der Waals surface area contributed by atoms with Crippen LogP contribution in [0.5, 0.6) is 23.0 Å². The SMILES string of the molecule is CC(C)(C)c1cc(-c2ccc3c(c2)Oc2c(-c4ccc([Si](c5ccccc5)(c5ccccc5)c5ccccc5)cc4)cc(-c4ccccc4-c4ccccc4)c4c2B3c2ccc(-c3cc(C(C)(C)C)cc(C(C)(C)C)c3)cc2O4)cc(C(C)(C)C)c1. The van der Waals surface area contributed by atoms with Crippen LogP contribution in [-0.4, -0.2) is 14.8 Å². The summed E-state index contributed by atoms with van der Waals surface area (Å²) >= 11 is 0. The molecular weight excluding hydrogens is 1060 g/mol. The van der Waals surface area contributed by atoms with Gasteiger partial charge in [-0.3, -0.25) is 0 Å². The van der Waals surface area contributed by atoms with Gasteiger partial charge in [-0.05, 0) is 138 Å². The van der Waals surface area contributed by atoms with Gasteiger partial charge in [0.25, 0.3) is 6.71 Å². The Morgan fingerprint density at radius 3 is 1.01 bits per heavy atom. The minimum absolute atomic E-state index is 0.0427. The van der Waals surface area contributed by atoms with E-state index in [-0.39, 0.29) is 28.4 Å². The van der Waals surface area contributed by atoms with Crippen LogP contribution in [0.25, 0.3) is 55.6 Å². The Labute approximate surface area is 512 Å². The van der Waals surface area contributed by atoms with Crippen LogP contribution in [0.3, 0.4) is 0 Å². The van der Waals surface area contributed by atoms with E-state index < -0.39 is 8.07 Å². The molecule has 86 heavy (non-hydrogen) atoms. The van der Waals surface area contributed by atoms with Crippen LogP contribution in [0.1, 0.15) is 105 Å². The molecule has 424 valence electrons. The van der Waals surface area contributed by atoms with Crippen molar-refractivity contribution in [3.63, 3.8) is 0 Å². The molecule has 0 unspecified atom stereocenters. The molecule has 13 rings (SSSR count). The van der Waals surface area contributed by atoms with Gasteiger partial charge in [-0.15, -0.1) is 0 Å². The summed E-state index contributed by atoms with van der Waals surface area (Å²) in [4.78, 5) is 0. The minimum atomic E-state index is -2.84. The zero-order valence-corrected chi connectivity index (χ0v) is 53.1. The molecule has 0 radical (unpaired) electrons. The van der Waals surface area contributed by atoms with Crippen molar-refractivity contribution in [2.45, 2.75) is 105 Å². The van der Waals surface area contributed by atoms with E-state index in [1.54, 1.807) is 0 Å². The van der Waals surface area contributed by atoms with Crippen LogP contribution in [0.15, 0.2) is 249 Å². The number of ether oxygens (including phenoxy) is 2. The normalized spacial score (nSPS) is 13.0. The van der Waals surface area contributed by atoms with E-state index in [1.165, 1.54) is 54.1 Å². The zero-order chi connectivity index (χ0) is 59.9. The molecule has 0 spiro atoms. The molecule has 0 fully saturated rings. The van der Waals surface area contributed by atoms with Crippen LogP contribution in [0.4, 0.5) is 0 Å². The topological polar surface area (TPSA) is 18.5 Å². The molecule has 0 amide bonds. The van der Waals surface area contributed by atoms with Crippen molar-refractivity contribution in [1.82, 2.24) is 0 Å². The van der Waals surface area contributed by atoms with E-state index in [0.29, 0.717) is 0 Å². The fraction of sp³-hybridized carbons (Fsp3) is 0.195. The number of fused-ring (bicyclic) bond motifs is 4. The van der Waals surface area contributed by atoms with Crippen molar-refractivity contribution in [1.29, 1.82) is 0 Å². The van der Waals surface area contributed by atoms with E-state index in [9.17, 15) is 0 Å². The van der Waals surface area contributed by atoms with E-state index in [0.717, 1.165) is 83.9 Å². The third-order valence-electron chi connectivity index (χ3n) is 18.2. The molecule has 2 nitrogen and oxygen atoms in total. The number of hydrogen-bond acceptors (Lipinski definition) is 2. The quantitative estimate of drug-likeness (QED) is 0.106. The Balaban J connectivity index is 1.08. The summed E-state index contributed by atoms with van der Waals surface area (Å²) in [6.45, 7) is 27.6. The van der Waals surface area contributed by atoms with Gasteiger partial charge < -0.3 is 9.47 Å². The Hall–Kier alpha value is -8.70. The molecule has 2 aliphatic rings. The highest BCUT2D eigenvalue weighted by atomic mass is 28.3. The summed E-state index contributed by atoms with van der Waals surface area (Å²) in [7, 11) is -2.84. The lowest BCUT2D eigenvalue weighted by molar-refractivity contribution is 0.467. The third kappa shape index (κ3) is 10.2. The van der Waals surface area contributed by atoms with Crippen molar-refractivity contribution < 1.29 is 9.47 Å². The lowest BCUT2D eigenvalue weighted by atomic mass is 9.34. The maximum atomic E-state index is 7.70. The predicted molar refractivity (Wildman–Crippen MR) is 370 cm³/mol. The summed E-state index contributed by atoms with van der Waals surface area (Å²) < 4.78 is 15.4. The van der Waals surface area contributed by atoms with Crippen LogP contribution in [0.2, 0.25) is 0 Å². The summed E-state index contributed by atoms with van der Waals surface area (Å²) in [5.41, 5.74) is 19.5. The van der Waals surface area contributed by atoms with Gasteiger partial charge in [-0.25, -0.2) is 0 Å². The summed E-state index contributed by atoms with van der Waals surface area (Å²) in [5.74, 6) is 3.35. The van der Waals surface area contributed by atoms with E-state index >= 15 is 0 Å². The Morgan fingerprint density at radius 1 is 0.267 bits per heavy atom. The predicted octanol–water partition coefficient (Wildman–Crippen LogP) is 17.3. The summed E-state index contributed by atoms with van der Waals surface area (Å²) in [5, 5.41) is 5.32. The van der Waals surface area contributed by atoms with Crippen LogP contribution < -0.4 is 46.6 Å². The smallest absolute Gasteiger partial charge is 0.260 e. The molecule has 0 atom stereocenters. The Kier molecular flexibility index (Phi) is 14.0. The average molecular weight is 1130 g/mol. The minimum Gasteiger partial charge on any atom is -0.458 e. The van der Waals surface area contributed by atoms with Crippen molar-refractivity contribution >= 4 is 51.9 Å². The second kappa shape index (κ2) is 21.4. The molecule has 4 heteroatoms. The summed E-state index contributed by atoms with van der Waals surface area (Å²) in [6, 6.07) is 93.4. The fourth-order valence-corrected chi connectivity index (χ4v) is 18.0. The number of rotatable bonds is 9. The van der Waals surface area contributed by atoms with E-state index in [1.807, 2.05) is 0 Å². The Bertz CT molecular complexity index is 4170. The largest absolute Gasteiger partial charge is 0.458 e. The first kappa shape index (κ1) is 56.4. The van der Waals surface area contributed by atoms with Crippen molar-refractivity contribution in [3.8, 4) is 78.6 Å². The number of benzene rings is 11. The maximum Gasteiger partial charge on any atom is 0.260 e. The molecule has 0 saturated heterocycles. The van der Waals surface area contributed by atoms with E-state index in [2.05, 4.69) is 332 Å². The second-order valence-electron chi connectivity index (χ2n) is 28.1. The molecule has 11 aromatic carbocycles. The molecule has 0 aromatic heterocycles. The highest BCUT2D eigenvalue weighted by Gasteiger charge is 2.45. The molecule has 11 aromatic rings. The van der Waals surface area contributed by atoms with Gasteiger partial charge >= 0.3 is 0 Å². The lowest BCUT2D eigenvalue weighted by Gasteiger charge is -2.36. The lowest BCUT2D eigenvalue weighted by Crippen LogP contribution is -2.74. The first-order chi connectivity index (χ1) is 41.1. The molecular formula is C82H77BO2Si. The van der Waals surface area contributed by atoms with Crippen molar-refractivity contribution in [2.24, 2.45) is 0 Å². The molecule has 0 saturated carbocycles. The van der Waals surface area contributed by atoms with Gasteiger partial charge in [0.1, 0.15) is 23.0 Å². The highest BCUT2D eigenvalue weighted by Crippen LogP contribution is 2.49. The standard InChI is InChI=1S/C82H77BO2Si/c1-79(2,3)60-45-58(46-61(51-60)80(4,5)6)56-39-43-72-74(49-56)84-77-70(55-37-41-67(42-38-55)86(64-29-19-14-20-30-64,65-31-21-15-22-32-65)66-33-23-16-24-34-66)53-71(69-36-26-25-35-68(69)54-27-17-13-18-28-54)78-76(77)83(72)73-44-40-57(50-75(73)85-78)59-47-62(81(7,8)9)52-63(48-59)82(10,11)12/h13-53H,1-12H3. The highest BCUT2D eigenvalue weighted by molar-refractivity contribution is 7.19. The summed E-state index contributed by atoms with van der Waals surface area (Å²) in [6.07, 6.45) is 0. The van der Waals surface area contributed by atoms with Gasteiger partial charge in [0.2, 0.25) is 0 Å². The monoisotopic (exact) mass is 1130 g/mol. The van der Waals surface area contributed by atoms with Gasteiger partial charge in [-0.2, -0.15) is 0 Å². The fourth-order valence-electron chi connectivity index (χ4n) is 13.2. The van der Waals surface area contributed by atoms with E-state index in [4.69, 9.17) is 9.47 Å². The van der Waals surface area contributed by atoms with Crippen LogP contribution >= 0.6 is 0 Å². The van der Waals surface area contributed by atoms with Crippen LogP contribution in [-0.2, 0) is 21.7 Å². The van der Waals surface area contributed by atoms with Gasteiger partial charge in [0.15, 0.2) is 8.07 Å². The average Bonchev–Trinajstić information content (AvgIpc) is 0.795. The van der Waals surface area contributed by atoms with Crippen molar-refractivity contribution in [3.05, 3.63) is 271 Å².